The number of carbonyl (C=O) groups excluding carboxylic acids is 2. The van der Waals surface area contributed by atoms with Crippen LogP contribution in [0.1, 0.15) is 55.9 Å². The number of aromatic nitrogens is 1. The van der Waals surface area contributed by atoms with Crippen LogP contribution in [0.5, 0.6) is 11.5 Å². The molecule has 0 saturated carbocycles. The zero-order valence-electron chi connectivity index (χ0n) is 19.6. The van der Waals surface area contributed by atoms with Gasteiger partial charge in [-0.05, 0) is 61.9 Å². The Bertz CT molecular complexity index is 1240. The first-order valence-corrected chi connectivity index (χ1v) is 12.4. The van der Waals surface area contributed by atoms with Crippen LogP contribution in [0.4, 0.5) is 0 Å². The minimum atomic E-state index is -0.421. The summed E-state index contributed by atoms with van der Waals surface area (Å²) in [5.41, 5.74) is 2.29. The van der Waals surface area contributed by atoms with Gasteiger partial charge in [0.25, 0.3) is 0 Å². The van der Waals surface area contributed by atoms with Crippen molar-refractivity contribution in [2.45, 2.75) is 56.4 Å². The molecular weight excluding hydrogens is 446 g/mol. The highest BCUT2D eigenvalue weighted by Gasteiger charge is 2.39. The van der Waals surface area contributed by atoms with Crippen LogP contribution in [0.2, 0.25) is 0 Å². The Hall–Kier alpha value is -3.55. The number of piperidine rings is 1. The van der Waals surface area contributed by atoms with Crippen LogP contribution in [0.15, 0.2) is 46.9 Å². The summed E-state index contributed by atoms with van der Waals surface area (Å²) in [6, 6.07) is 13.7. The second-order valence-electron chi connectivity index (χ2n) is 9.89. The van der Waals surface area contributed by atoms with E-state index in [0.717, 1.165) is 54.0 Å². The lowest BCUT2D eigenvalue weighted by molar-refractivity contribution is -0.133. The molecule has 0 radical (unpaired) electrons. The van der Waals surface area contributed by atoms with Crippen molar-refractivity contribution in [3.05, 3.63) is 53.9 Å². The van der Waals surface area contributed by atoms with Crippen LogP contribution in [0.3, 0.4) is 0 Å². The van der Waals surface area contributed by atoms with Gasteiger partial charge < -0.3 is 24.1 Å². The Morgan fingerprint density at radius 3 is 2.91 bits per heavy atom. The van der Waals surface area contributed by atoms with E-state index in [1.54, 1.807) is 0 Å². The van der Waals surface area contributed by atoms with Crippen molar-refractivity contribution in [2.24, 2.45) is 0 Å². The van der Waals surface area contributed by atoms with Crippen LogP contribution in [0, 0.1) is 0 Å². The number of benzene rings is 2. The number of hydrogen-bond donors (Lipinski definition) is 1. The van der Waals surface area contributed by atoms with E-state index < -0.39 is 5.54 Å². The third kappa shape index (κ3) is 4.45. The predicted octanol–water partition coefficient (Wildman–Crippen LogP) is 3.93. The average Bonchev–Trinajstić information content (AvgIpc) is 3.61. The Kier molecular flexibility index (Phi) is 5.59. The molecule has 8 nitrogen and oxygen atoms in total. The van der Waals surface area contributed by atoms with Crippen molar-refractivity contribution < 1.29 is 23.5 Å². The number of rotatable bonds is 6. The number of carbonyl (C=O) groups is 2. The van der Waals surface area contributed by atoms with Gasteiger partial charge in [0.2, 0.25) is 18.6 Å². The standard InChI is InChI=1S/C27H29N3O5/c31-24-9-11-27(29-24,15-18-7-8-22-23(14-18)34-17-33-22)12-10-25(32)30-13-3-4-19(16-30)26-28-20-5-1-2-6-21(20)35-26/h1-2,5-8,14,19H,3-4,9-13,15-17H2,(H,29,31). The van der Waals surface area contributed by atoms with E-state index >= 15 is 0 Å². The summed E-state index contributed by atoms with van der Waals surface area (Å²) in [5, 5.41) is 3.18. The zero-order chi connectivity index (χ0) is 23.8. The van der Waals surface area contributed by atoms with Gasteiger partial charge in [-0.3, -0.25) is 9.59 Å². The maximum Gasteiger partial charge on any atom is 0.231 e. The summed E-state index contributed by atoms with van der Waals surface area (Å²) in [6.07, 6.45) is 4.76. The number of nitrogens with zero attached hydrogens (tertiary/aromatic N) is 2. The van der Waals surface area contributed by atoms with Gasteiger partial charge >= 0.3 is 0 Å². The van der Waals surface area contributed by atoms with Gasteiger partial charge in [-0.15, -0.1) is 0 Å². The van der Waals surface area contributed by atoms with Gasteiger partial charge in [-0.2, -0.15) is 0 Å². The van der Waals surface area contributed by atoms with Crippen molar-refractivity contribution in [2.75, 3.05) is 19.9 Å². The fraction of sp³-hybridized carbons (Fsp3) is 0.444. The van der Waals surface area contributed by atoms with Crippen molar-refractivity contribution in [3.63, 3.8) is 0 Å². The molecule has 0 bridgehead atoms. The molecule has 2 aromatic carbocycles. The third-order valence-electron chi connectivity index (χ3n) is 7.47. The molecule has 8 heteroatoms. The summed E-state index contributed by atoms with van der Waals surface area (Å²) in [7, 11) is 0. The van der Waals surface area contributed by atoms with E-state index in [1.807, 2.05) is 47.4 Å². The predicted molar refractivity (Wildman–Crippen MR) is 128 cm³/mol. The monoisotopic (exact) mass is 475 g/mol. The van der Waals surface area contributed by atoms with Gasteiger partial charge in [0.15, 0.2) is 23.0 Å². The SMILES string of the molecule is O=C1CCC(CCC(=O)N2CCCC(c3nc4ccccc4o3)C2)(Cc2ccc3c(c2)OCO3)N1. The molecule has 1 N–H and O–H groups in total. The molecule has 2 amide bonds. The second-order valence-corrected chi connectivity index (χ2v) is 9.89. The topological polar surface area (TPSA) is 93.9 Å². The van der Waals surface area contributed by atoms with Crippen LogP contribution >= 0.6 is 0 Å². The average molecular weight is 476 g/mol. The number of fused-ring (bicyclic) bond motifs is 2. The number of oxazole rings is 1. The molecule has 6 rings (SSSR count). The van der Waals surface area contributed by atoms with Crippen molar-refractivity contribution in [1.82, 2.24) is 15.2 Å². The third-order valence-corrected chi connectivity index (χ3v) is 7.47. The minimum absolute atomic E-state index is 0.0483. The van der Waals surface area contributed by atoms with Crippen LogP contribution in [-0.2, 0) is 16.0 Å². The molecule has 2 saturated heterocycles. The van der Waals surface area contributed by atoms with Gasteiger partial charge in [0.1, 0.15) is 5.52 Å². The van der Waals surface area contributed by atoms with Crippen molar-refractivity contribution >= 4 is 22.9 Å². The second kappa shape index (κ2) is 8.91. The molecule has 3 aromatic rings. The Morgan fingerprint density at radius 1 is 1.17 bits per heavy atom. The zero-order valence-corrected chi connectivity index (χ0v) is 19.6. The molecule has 35 heavy (non-hydrogen) atoms. The Balaban J connectivity index is 1.12. The minimum Gasteiger partial charge on any atom is -0.454 e. The summed E-state index contributed by atoms with van der Waals surface area (Å²) in [5.74, 6) is 2.47. The van der Waals surface area contributed by atoms with Crippen LogP contribution < -0.4 is 14.8 Å². The van der Waals surface area contributed by atoms with Crippen LogP contribution in [0.25, 0.3) is 11.1 Å². The van der Waals surface area contributed by atoms with Crippen LogP contribution in [-0.4, -0.2) is 47.1 Å². The molecular formula is C27H29N3O5. The summed E-state index contributed by atoms with van der Waals surface area (Å²) in [6.45, 7) is 1.60. The maximum atomic E-state index is 13.3. The lowest BCUT2D eigenvalue weighted by Gasteiger charge is -2.34. The normalized spacial score (nSPS) is 23.6. The summed E-state index contributed by atoms with van der Waals surface area (Å²) in [4.78, 5) is 32.0. The van der Waals surface area contributed by atoms with E-state index in [4.69, 9.17) is 13.9 Å². The van der Waals surface area contributed by atoms with Crippen molar-refractivity contribution in [3.8, 4) is 11.5 Å². The first kappa shape index (κ1) is 21.9. The fourth-order valence-electron chi connectivity index (χ4n) is 5.60. The lowest BCUT2D eigenvalue weighted by atomic mass is 9.84. The molecule has 1 aromatic heterocycles. The van der Waals surface area contributed by atoms with Gasteiger partial charge in [0, 0.05) is 31.5 Å². The molecule has 0 spiro atoms. The molecule has 2 unspecified atom stereocenters. The molecule has 0 aliphatic carbocycles. The van der Waals surface area contributed by atoms with Gasteiger partial charge in [0.05, 0.1) is 5.92 Å². The molecule has 3 aliphatic heterocycles. The summed E-state index contributed by atoms with van der Waals surface area (Å²) < 4.78 is 16.9. The first-order chi connectivity index (χ1) is 17.1. The van der Waals surface area contributed by atoms with E-state index in [1.165, 1.54) is 0 Å². The smallest absolute Gasteiger partial charge is 0.231 e. The Labute approximate surface area is 203 Å². The van der Waals surface area contributed by atoms with E-state index in [-0.39, 0.29) is 24.5 Å². The number of likely N-dealkylation sites (tertiary alicyclic amines) is 1. The number of nitrogens with one attached hydrogen (secondary N) is 1. The molecule has 2 atom stereocenters. The molecule has 2 fully saturated rings. The molecule has 3 aliphatic rings. The van der Waals surface area contributed by atoms with Gasteiger partial charge in [-0.1, -0.05) is 18.2 Å². The van der Waals surface area contributed by atoms with E-state index in [0.29, 0.717) is 38.1 Å². The van der Waals surface area contributed by atoms with E-state index in [9.17, 15) is 9.59 Å². The largest absolute Gasteiger partial charge is 0.454 e. The highest BCUT2D eigenvalue weighted by Crippen LogP contribution is 2.36. The Morgan fingerprint density at radius 2 is 2.06 bits per heavy atom. The maximum absolute atomic E-state index is 13.3. The fourth-order valence-corrected chi connectivity index (χ4v) is 5.60. The number of hydrogen-bond acceptors (Lipinski definition) is 6. The van der Waals surface area contributed by atoms with E-state index in [2.05, 4.69) is 10.3 Å². The number of para-hydroxylation sites is 2. The number of ether oxygens (including phenoxy) is 2. The quantitative estimate of drug-likeness (QED) is 0.581. The van der Waals surface area contributed by atoms with Crippen molar-refractivity contribution in [1.29, 1.82) is 0 Å². The molecule has 4 heterocycles. The highest BCUT2D eigenvalue weighted by molar-refractivity contribution is 5.80. The molecule has 182 valence electrons. The van der Waals surface area contributed by atoms with Gasteiger partial charge in [-0.25, -0.2) is 4.98 Å². The number of amides is 2. The summed E-state index contributed by atoms with van der Waals surface area (Å²) >= 11 is 0. The first-order valence-electron chi connectivity index (χ1n) is 12.4. The lowest BCUT2D eigenvalue weighted by Crippen LogP contribution is -2.45. The highest BCUT2D eigenvalue weighted by atomic mass is 16.7.